The van der Waals surface area contributed by atoms with Crippen molar-refractivity contribution in [2.75, 3.05) is 24.8 Å². The summed E-state index contributed by atoms with van der Waals surface area (Å²) in [4.78, 5) is 0.239. The number of rotatable bonds is 5. The van der Waals surface area contributed by atoms with Crippen molar-refractivity contribution in [3.8, 4) is 0 Å². The number of hydrogen-bond acceptors (Lipinski definition) is 5. The van der Waals surface area contributed by atoms with Crippen molar-refractivity contribution in [3.63, 3.8) is 0 Å². The van der Waals surface area contributed by atoms with E-state index in [2.05, 4.69) is 5.32 Å². The van der Waals surface area contributed by atoms with Gasteiger partial charge in [-0.2, -0.15) is 0 Å². The van der Waals surface area contributed by atoms with Crippen LogP contribution in [0.25, 0.3) is 0 Å². The van der Waals surface area contributed by atoms with E-state index in [1.165, 1.54) is 12.1 Å². The predicted octanol–water partition coefficient (Wildman–Crippen LogP) is -0.145. The first-order chi connectivity index (χ1) is 7.47. The monoisotopic (exact) mass is 245 g/mol. The third-order valence-electron chi connectivity index (χ3n) is 2.09. The summed E-state index contributed by atoms with van der Waals surface area (Å²) in [6.07, 6.45) is 1.14. The van der Waals surface area contributed by atoms with Gasteiger partial charge in [0.05, 0.1) is 24.2 Å². The van der Waals surface area contributed by atoms with E-state index < -0.39 is 15.9 Å². The molecular weight excluding hydrogens is 230 g/mol. The number of sulfone groups is 1. The van der Waals surface area contributed by atoms with Crippen molar-refractivity contribution in [2.45, 2.75) is 10.9 Å². The van der Waals surface area contributed by atoms with Gasteiger partial charge in [-0.3, -0.25) is 0 Å². The standard InChI is InChI=1S/C10H15NO4S/c1-16(14,15)10-4-2-8(3-5-10)11-9(6-12)7-13/h2-5,9,11-13H,6-7H2,1H3. The predicted molar refractivity (Wildman–Crippen MR) is 61.1 cm³/mol. The Morgan fingerprint density at radius 1 is 1.19 bits per heavy atom. The van der Waals surface area contributed by atoms with Gasteiger partial charge < -0.3 is 15.5 Å². The zero-order chi connectivity index (χ0) is 12.2. The molecule has 1 aromatic carbocycles. The fourth-order valence-electron chi connectivity index (χ4n) is 1.18. The second kappa shape index (κ2) is 5.29. The number of nitrogens with one attached hydrogen (secondary N) is 1. The van der Waals surface area contributed by atoms with E-state index in [9.17, 15) is 8.42 Å². The molecule has 1 aromatic rings. The van der Waals surface area contributed by atoms with Crippen LogP contribution in [0.15, 0.2) is 29.2 Å². The van der Waals surface area contributed by atoms with Crippen LogP contribution in [0.2, 0.25) is 0 Å². The maximum atomic E-state index is 11.2. The van der Waals surface area contributed by atoms with Gasteiger partial charge in [0, 0.05) is 11.9 Å². The molecule has 0 saturated heterocycles. The van der Waals surface area contributed by atoms with Gasteiger partial charge in [-0.25, -0.2) is 8.42 Å². The molecule has 0 aliphatic carbocycles. The lowest BCUT2D eigenvalue weighted by Crippen LogP contribution is -2.27. The van der Waals surface area contributed by atoms with E-state index in [1.54, 1.807) is 12.1 Å². The number of aliphatic hydroxyl groups excluding tert-OH is 2. The normalized spacial score (nSPS) is 11.8. The summed E-state index contributed by atoms with van der Waals surface area (Å²) in [5.74, 6) is 0. The summed E-state index contributed by atoms with van der Waals surface area (Å²) in [5.41, 5.74) is 0.653. The van der Waals surface area contributed by atoms with E-state index in [4.69, 9.17) is 10.2 Å². The van der Waals surface area contributed by atoms with Crippen molar-refractivity contribution in [3.05, 3.63) is 24.3 Å². The van der Waals surface area contributed by atoms with Crippen LogP contribution in [0.1, 0.15) is 0 Å². The smallest absolute Gasteiger partial charge is 0.175 e. The molecule has 0 fully saturated rings. The highest BCUT2D eigenvalue weighted by Gasteiger charge is 2.08. The van der Waals surface area contributed by atoms with Crippen LogP contribution in [-0.4, -0.2) is 44.1 Å². The van der Waals surface area contributed by atoms with Gasteiger partial charge in [0.2, 0.25) is 0 Å². The molecule has 0 spiro atoms. The summed E-state index contributed by atoms with van der Waals surface area (Å²) < 4.78 is 22.4. The van der Waals surface area contributed by atoms with Crippen molar-refractivity contribution in [2.24, 2.45) is 0 Å². The molecule has 0 saturated carbocycles. The SMILES string of the molecule is CS(=O)(=O)c1ccc(NC(CO)CO)cc1. The molecule has 3 N–H and O–H groups in total. The molecule has 0 radical (unpaired) electrons. The molecule has 6 heteroatoms. The van der Waals surface area contributed by atoms with E-state index in [1.807, 2.05) is 0 Å². The quantitative estimate of drug-likeness (QED) is 0.672. The highest BCUT2D eigenvalue weighted by atomic mass is 32.2. The van der Waals surface area contributed by atoms with Crippen molar-refractivity contribution < 1.29 is 18.6 Å². The van der Waals surface area contributed by atoms with E-state index in [0.717, 1.165) is 6.26 Å². The second-order valence-electron chi connectivity index (χ2n) is 3.50. The summed E-state index contributed by atoms with van der Waals surface area (Å²) in [6.45, 7) is -0.380. The van der Waals surface area contributed by atoms with Gasteiger partial charge in [0.1, 0.15) is 0 Å². The largest absolute Gasteiger partial charge is 0.394 e. The zero-order valence-corrected chi connectivity index (χ0v) is 9.74. The molecule has 1 rings (SSSR count). The van der Waals surface area contributed by atoms with Gasteiger partial charge in [-0.05, 0) is 24.3 Å². The van der Waals surface area contributed by atoms with E-state index in [-0.39, 0.29) is 18.1 Å². The maximum absolute atomic E-state index is 11.2. The summed E-state index contributed by atoms with van der Waals surface area (Å²) in [5, 5.41) is 20.6. The molecule has 0 aliphatic rings. The van der Waals surface area contributed by atoms with Crippen molar-refractivity contribution in [1.29, 1.82) is 0 Å². The van der Waals surface area contributed by atoms with Gasteiger partial charge >= 0.3 is 0 Å². The lowest BCUT2D eigenvalue weighted by Gasteiger charge is -2.14. The lowest BCUT2D eigenvalue weighted by atomic mass is 10.2. The highest BCUT2D eigenvalue weighted by Crippen LogP contribution is 2.14. The molecule has 16 heavy (non-hydrogen) atoms. The van der Waals surface area contributed by atoms with Crippen molar-refractivity contribution >= 4 is 15.5 Å². The third kappa shape index (κ3) is 3.48. The van der Waals surface area contributed by atoms with Gasteiger partial charge in [-0.1, -0.05) is 0 Å². The average Bonchev–Trinajstić information content (AvgIpc) is 2.25. The van der Waals surface area contributed by atoms with Crippen LogP contribution in [0.4, 0.5) is 5.69 Å². The van der Waals surface area contributed by atoms with Crippen LogP contribution < -0.4 is 5.32 Å². The Labute approximate surface area is 94.7 Å². The van der Waals surface area contributed by atoms with Crippen LogP contribution in [-0.2, 0) is 9.84 Å². The Bertz CT molecular complexity index is 423. The minimum atomic E-state index is -3.19. The Morgan fingerprint density at radius 3 is 2.06 bits per heavy atom. The Morgan fingerprint density at radius 2 is 1.69 bits per heavy atom. The van der Waals surface area contributed by atoms with Gasteiger partial charge in [0.25, 0.3) is 0 Å². The minimum Gasteiger partial charge on any atom is -0.394 e. The third-order valence-corrected chi connectivity index (χ3v) is 3.22. The van der Waals surface area contributed by atoms with E-state index in [0.29, 0.717) is 5.69 Å². The first-order valence-corrected chi connectivity index (χ1v) is 6.65. The Hall–Kier alpha value is -1.11. The zero-order valence-electron chi connectivity index (χ0n) is 8.92. The molecule has 5 nitrogen and oxygen atoms in total. The first-order valence-electron chi connectivity index (χ1n) is 4.75. The Balaban J connectivity index is 2.80. The number of aliphatic hydroxyl groups is 2. The average molecular weight is 245 g/mol. The molecule has 0 bridgehead atoms. The minimum absolute atomic E-state index is 0.190. The molecule has 0 atom stereocenters. The first kappa shape index (κ1) is 13.0. The Kier molecular flexibility index (Phi) is 4.28. The van der Waals surface area contributed by atoms with Gasteiger partial charge in [-0.15, -0.1) is 0 Å². The fraction of sp³-hybridized carbons (Fsp3) is 0.400. The van der Waals surface area contributed by atoms with Crippen LogP contribution in [0.5, 0.6) is 0 Å². The van der Waals surface area contributed by atoms with Gasteiger partial charge in [0.15, 0.2) is 9.84 Å². The molecule has 0 amide bonds. The maximum Gasteiger partial charge on any atom is 0.175 e. The second-order valence-corrected chi connectivity index (χ2v) is 5.52. The molecule has 90 valence electrons. The number of anilines is 1. The van der Waals surface area contributed by atoms with Crippen molar-refractivity contribution in [1.82, 2.24) is 0 Å². The topological polar surface area (TPSA) is 86.6 Å². The van der Waals surface area contributed by atoms with Crippen LogP contribution in [0, 0.1) is 0 Å². The number of benzene rings is 1. The molecule has 0 aliphatic heterocycles. The number of hydrogen-bond donors (Lipinski definition) is 3. The molecular formula is C10H15NO4S. The summed E-state index contributed by atoms with van der Waals surface area (Å²) in [7, 11) is -3.19. The fourth-order valence-corrected chi connectivity index (χ4v) is 1.81. The van der Waals surface area contributed by atoms with Crippen LogP contribution in [0.3, 0.4) is 0 Å². The lowest BCUT2D eigenvalue weighted by molar-refractivity contribution is 0.204. The molecule has 0 unspecified atom stereocenters. The highest BCUT2D eigenvalue weighted by molar-refractivity contribution is 7.90. The molecule has 0 heterocycles. The summed E-state index contributed by atoms with van der Waals surface area (Å²) in [6, 6.07) is 5.69. The van der Waals surface area contributed by atoms with E-state index >= 15 is 0 Å². The van der Waals surface area contributed by atoms with Crippen LogP contribution >= 0.6 is 0 Å². The molecule has 0 aromatic heterocycles. The summed E-state index contributed by atoms with van der Waals surface area (Å²) >= 11 is 0.